The van der Waals surface area contributed by atoms with Crippen LogP contribution in [0.3, 0.4) is 0 Å². The maximum Gasteiger partial charge on any atom is 0.222 e. The minimum absolute atomic E-state index is 0.294. The minimum Gasteiger partial charge on any atom is -0.490 e. The Labute approximate surface area is 187 Å². The van der Waals surface area contributed by atoms with Crippen LogP contribution in [0, 0.1) is 0 Å². The first-order valence-electron chi connectivity index (χ1n) is 11.8. The summed E-state index contributed by atoms with van der Waals surface area (Å²) in [6.45, 7) is 12.6. The van der Waals surface area contributed by atoms with Gasteiger partial charge in [-0.05, 0) is 64.2 Å². The van der Waals surface area contributed by atoms with Crippen molar-refractivity contribution in [2.75, 3.05) is 39.4 Å². The summed E-state index contributed by atoms with van der Waals surface area (Å²) in [4.78, 5) is 18.8. The number of ether oxygens (including phenoxy) is 2. The van der Waals surface area contributed by atoms with Crippen LogP contribution in [0.15, 0.2) is 23.2 Å². The molecule has 1 aliphatic rings. The van der Waals surface area contributed by atoms with Crippen molar-refractivity contribution >= 4 is 11.9 Å². The Bertz CT molecular complexity index is 708. The molecule has 0 spiro atoms. The van der Waals surface area contributed by atoms with Crippen molar-refractivity contribution in [3.8, 4) is 11.5 Å². The van der Waals surface area contributed by atoms with E-state index >= 15 is 0 Å². The van der Waals surface area contributed by atoms with E-state index in [1.54, 1.807) is 0 Å². The molecule has 1 aliphatic heterocycles. The van der Waals surface area contributed by atoms with Gasteiger partial charge < -0.3 is 25.0 Å². The van der Waals surface area contributed by atoms with Crippen LogP contribution in [-0.2, 0) is 11.2 Å². The van der Waals surface area contributed by atoms with Gasteiger partial charge in [0.15, 0.2) is 17.5 Å². The van der Waals surface area contributed by atoms with Crippen LogP contribution in [0.5, 0.6) is 11.5 Å². The Morgan fingerprint density at radius 2 is 1.90 bits per heavy atom. The Morgan fingerprint density at radius 3 is 2.55 bits per heavy atom. The number of hydrogen-bond donors (Lipinski definition) is 2. The number of carbonyl (C=O) groups is 1. The number of nitrogens with zero attached hydrogens (tertiary/aromatic N) is 2. The Kier molecular flexibility index (Phi) is 11.0. The van der Waals surface area contributed by atoms with Crippen molar-refractivity contribution in [1.82, 2.24) is 15.5 Å². The first-order valence-corrected chi connectivity index (χ1v) is 11.8. The third kappa shape index (κ3) is 7.96. The quantitative estimate of drug-likeness (QED) is 0.369. The molecule has 1 heterocycles. The Morgan fingerprint density at radius 1 is 1.13 bits per heavy atom. The molecule has 1 saturated heterocycles. The molecule has 2 N–H and O–H groups in total. The Hall–Kier alpha value is -2.44. The van der Waals surface area contributed by atoms with E-state index in [4.69, 9.17) is 14.5 Å². The highest BCUT2D eigenvalue weighted by Crippen LogP contribution is 2.28. The number of rotatable bonds is 13. The predicted octanol–water partition coefficient (Wildman–Crippen LogP) is 3.37. The average Bonchev–Trinajstić information content (AvgIpc) is 3.19. The molecular weight excluding hydrogens is 392 g/mol. The fourth-order valence-electron chi connectivity index (χ4n) is 3.88. The first-order chi connectivity index (χ1) is 15.1. The van der Waals surface area contributed by atoms with Gasteiger partial charge >= 0.3 is 0 Å². The molecule has 7 heteroatoms. The largest absolute Gasteiger partial charge is 0.490 e. The third-order valence-electron chi connectivity index (χ3n) is 5.41. The van der Waals surface area contributed by atoms with Crippen LogP contribution in [0.4, 0.5) is 0 Å². The van der Waals surface area contributed by atoms with E-state index < -0.39 is 0 Å². The average molecular weight is 433 g/mol. The summed E-state index contributed by atoms with van der Waals surface area (Å²) in [6.07, 6.45) is 4.41. The summed E-state index contributed by atoms with van der Waals surface area (Å²) < 4.78 is 11.4. The van der Waals surface area contributed by atoms with Crippen LogP contribution in [0.1, 0.15) is 58.9 Å². The highest BCUT2D eigenvalue weighted by Gasteiger charge is 2.26. The normalized spacial score (nSPS) is 15.2. The molecule has 1 fully saturated rings. The van der Waals surface area contributed by atoms with Gasteiger partial charge in [-0.15, -0.1) is 0 Å². The molecule has 0 saturated carbocycles. The second-order valence-corrected chi connectivity index (χ2v) is 7.63. The Balaban J connectivity index is 1.87. The molecule has 0 aliphatic carbocycles. The molecule has 0 bridgehead atoms. The van der Waals surface area contributed by atoms with E-state index in [-0.39, 0.29) is 0 Å². The van der Waals surface area contributed by atoms with Crippen LogP contribution < -0.4 is 20.1 Å². The van der Waals surface area contributed by atoms with Crippen LogP contribution in [0.25, 0.3) is 0 Å². The van der Waals surface area contributed by atoms with E-state index in [1.165, 1.54) is 5.56 Å². The van der Waals surface area contributed by atoms with Crippen molar-refractivity contribution in [2.45, 2.75) is 65.8 Å². The lowest BCUT2D eigenvalue weighted by molar-refractivity contribution is -0.129. The molecule has 1 atom stereocenters. The van der Waals surface area contributed by atoms with E-state index in [0.29, 0.717) is 38.1 Å². The zero-order valence-electron chi connectivity index (χ0n) is 19.7. The maximum atomic E-state index is 12.0. The molecule has 1 unspecified atom stereocenters. The second kappa shape index (κ2) is 13.8. The van der Waals surface area contributed by atoms with Gasteiger partial charge in [0.1, 0.15) is 0 Å². The summed E-state index contributed by atoms with van der Waals surface area (Å²) in [5.74, 6) is 2.70. The van der Waals surface area contributed by atoms with Crippen LogP contribution >= 0.6 is 0 Å². The lowest BCUT2D eigenvalue weighted by Gasteiger charge is -2.26. The first kappa shape index (κ1) is 24.8. The van der Waals surface area contributed by atoms with Crippen molar-refractivity contribution in [1.29, 1.82) is 0 Å². The number of benzene rings is 1. The predicted molar refractivity (Wildman–Crippen MR) is 126 cm³/mol. The fraction of sp³-hybridized carbons (Fsp3) is 0.667. The van der Waals surface area contributed by atoms with Crippen molar-refractivity contribution in [2.24, 2.45) is 4.99 Å². The topological polar surface area (TPSA) is 75.2 Å². The molecule has 1 aromatic rings. The number of carbonyl (C=O) groups excluding carboxylic acids is 1. The molecule has 0 radical (unpaired) electrons. The highest BCUT2D eigenvalue weighted by molar-refractivity contribution is 5.80. The molecule has 7 nitrogen and oxygen atoms in total. The monoisotopic (exact) mass is 432 g/mol. The summed E-state index contributed by atoms with van der Waals surface area (Å²) in [6, 6.07) is 6.41. The zero-order valence-corrected chi connectivity index (χ0v) is 19.7. The van der Waals surface area contributed by atoms with E-state index in [9.17, 15) is 4.79 Å². The number of nitrogens with one attached hydrogen (secondary N) is 2. The van der Waals surface area contributed by atoms with Gasteiger partial charge in [0.25, 0.3) is 0 Å². The summed E-state index contributed by atoms with van der Waals surface area (Å²) in [5, 5.41) is 6.73. The molecule has 1 amide bonds. The summed E-state index contributed by atoms with van der Waals surface area (Å²) in [5.41, 5.74) is 1.19. The SMILES string of the molecule is CCNC(=NCCC(CC)N1CCCC1=O)NCCc1ccc(OCC)c(OCC)c1. The van der Waals surface area contributed by atoms with Gasteiger partial charge in [-0.3, -0.25) is 9.79 Å². The smallest absolute Gasteiger partial charge is 0.222 e. The number of guanidine groups is 1. The fourth-order valence-corrected chi connectivity index (χ4v) is 3.88. The van der Waals surface area contributed by atoms with Gasteiger partial charge in [0.2, 0.25) is 5.91 Å². The number of aliphatic imine (C=N–C) groups is 1. The molecule has 31 heavy (non-hydrogen) atoms. The minimum atomic E-state index is 0.294. The second-order valence-electron chi connectivity index (χ2n) is 7.63. The van der Waals surface area contributed by atoms with E-state index in [2.05, 4.69) is 36.6 Å². The lowest BCUT2D eigenvalue weighted by atomic mass is 10.1. The van der Waals surface area contributed by atoms with Gasteiger partial charge in [-0.25, -0.2) is 0 Å². The van der Waals surface area contributed by atoms with Crippen molar-refractivity contribution < 1.29 is 14.3 Å². The van der Waals surface area contributed by atoms with Crippen LogP contribution in [-0.4, -0.2) is 62.2 Å². The van der Waals surface area contributed by atoms with Crippen LogP contribution in [0.2, 0.25) is 0 Å². The van der Waals surface area contributed by atoms with Gasteiger partial charge in [0.05, 0.1) is 13.2 Å². The van der Waals surface area contributed by atoms with E-state index in [1.807, 2.05) is 24.8 Å². The highest BCUT2D eigenvalue weighted by atomic mass is 16.5. The molecule has 2 rings (SSSR count). The van der Waals surface area contributed by atoms with Gasteiger partial charge in [-0.2, -0.15) is 0 Å². The molecule has 0 aromatic heterocycles. The summed E-state index contributed by atoms with van der Waals surface area (Å²) in [7, 11) is 0. The molecular formula is C24H40N4O3. The number of hydrogen-bond acceptors (Lipinski definition) is 4. The van der Waals surface area contributed by atoms with E-state index in [0.717, 1.165) is 62.8 Å². The maximum absolute atomic E-state index is 12.0. The van der Waals surface area contributed by atoms with Crippen molar-refractivity contribution in [3.63, 3.8) is 0 Å². The number of likely N-dealkylation sites (tertiary alicyclic amines) is 1. The third-order valence-corrected chi connectivity index (χ3v) is 5.41. The molecule has 1 aromatic carbocycles. The standard InChI is InChI=1S/C24H40N4O3/c1-5-20(28-17-9-10-23(28)29)14-16-27-24(25-6-2)26-15-13-19-11-12-21(30-7-3)22(18-19)31-8-4/h11-12,18,20H,5-10,13-17H2,1-4H3,(H2,25,26,27). The zero-order chi connectivity index (χ0) is 22.5. The van der Waals surface area contributed by atoms with Gasteiger partial charge in [0, 0.05) is 38.6 Å². The van der Waals surface area contributed by atoms with Crippen molar-refractivity contribution in [3.05, 3.63) is 23.8 Å². The molecule has 174 valence electrons. The summed E-state index contributed by atoms with van der Waals surface area (Å²) >= 11 is 0. The lowest BCUT2D eigenvalue weighted by Crippen LogP contribution is -2.39. The van der Waals surface area contributed by atoms with Gasteiger partial charge in [-0.1, -0.05) is 13.0 Å². The number of amides is 1.